The van der Waals surface area contributed by atoms with Crippen LogP contribution in [0.15, 0.2) is 12.1 Å². The third-order valence-electron chi connectivity index (χ3n) is 3.36. The molecule has 1 aromatic heterocycles. The van der Waals surface area contributed by atoms with Crippen molar-refractivity contribution in [2.45, 2.75) is 25.7 Å². The molecule has 0 radical (unpaired) electrons. The first-order chi connectivity index (χ1) is 10.1. The summed E-state index contributed by atoms with van der Waals surface area (Å²) >= 11 is 11.5. The van der Waals surface area contributed by atoms with Crippen LogP contribution in [0.2, 0.25) is 10.3 Å². The zero-order chi connectivity index (χ0) is 15.2. The first kappa shape index (κ1) is 16.0. The Labute approximate surface area is 133 Å². The summed E-state index contributed by atoms with van der Waals surface area (Å²) in [7, 11) is 0. The molecule has 1 aromatic rings. The van der Waals surface area contributed by atoms with Gasteiger partial charge >= 0.3 is 0 Å². The van der Waals surface area contributed by atoms with E-state index in [0.29, 0.717) is 18.5 Å². The number of nitrogens with one attached hydrogen (secondary N) is 1. The topological polar surface area (TPSA) is 62.3 Å². The number of likely N-dealkylation sites (tertiary alicyclic amines) is 1. The van der Waals surface area contributed by atoms with Crippen molar-refractivity contribution in [3.8, 4) is 0 Å². The quantitative estimate of drug-likeness (QED) is 0.863. The standard InChI is InChI=1S/C14H17Cl2N3O2/c15-11-8-10(9-12(16)18-11)14(21)17-5-4-13(20)19-6-2-1-3-7-19/h8-9H,1-7H2,(H,17,21). The maximum absolute atomic E-state index is 11.9. The van der Waals surface area contributed by atoms with Crippen LogP contribution < -0.4 is 5.32 Å². The van der Waals surface area contributed by atoms with Crippen molar-refractivity contribution < 1.29 is 9.59 Å². The highest BCUT2D eigenvalue weighted by molar-refractivity contribution is 6.33. The molecule has 0 aromatic carbocycles. The van der Waals surface area contributed by atoms with Gasteiger partial charge in [-0.25, -0.2) is 4.98 Å². The van der Waals surface area contributed by atoms with Crippen molar-refractivity contribution in [2.24, 2.45) is 0 Å². The van der Waals surface area contributed by atoms with Crippen molar-refractivity contribution in [3.63, 3.8) is 0 Å². The van der Waals surface area contributed by atoms with Crippen molar-refractivity contribution in [1.29, 1.82) is 0 Å². The van der Waals surface area contributed by atoms with E-state index < -0.39 is 0 Å². The van der Waals surface area contributed by atoms with Gasteiger partial charge in [-0.15, -0.1) is 0 Å². The Kier molecular flexibility index (Phi) is 5.82. The van der Waals surface area contributed by atoms with E-state index in [1.165, 1.54) is 18.6 Å². The van der Waals surface area contributed by atoms with E-state index >= 15 is 0 Å². The maximum Gasteiger partial charge on any atom is 0.251 e. The molecule has 114 valence electrons. The average molecular weight is 330 g/mol. The van der Waals surface area contributed by atoms with Crippen LogP contribution in [-0.2, 0) is 4.79 Å². The number of amides is 2. The molecular weight excluding hydrogens is 313 g/mol. The molecule has 0 atom stereocenters. The fraction of sp³-hybridized carbons (Fsp3) is 0.500. The minimum atomic E-state index is -0.312. The summed E-state index contributed by atoms with van der Waals surface area (Å²) in [5.74, 6) is -0.228. The van der Waals surface area contributed by atoms with Gasteiger partial charge in [0.1, 0.15) is 10.3 Å². The normalized spacial score (nSPS) is 14.9. The fourth-order valence-electron chi connectivity index (χ4n) is 2.28. The first-order valence-electron chi connectivity index (χ1n) is 6.95. The summed E-state index contributed by atoms with van der Waals surface area (Å²) in [5.41, 5.74) is 0.338. The van der Waals surface area contributed by atoms with Crippen molar-refractivity contribution >= 4 is 35.0 Å². The minimum absolute atomic E-state index is 0.0841. The molecule has 5 nitrogen and oxygen atoms in total. The smallest absolute Gasteiger partial charge is 0.251 e. The van der Waals surface area contributed by atoms with Gasteiger partial charge in [0.15, 0.2) is 0 Å². The van der Waals surface area contributed by atoms with Gasteiger partial charge in [0, 0.05) is 31.6 Å². The number of piperidine rings is 1. The molecule has 2 rings (SSSR count). The number of carbonyl (C=O) groups excluding carboxylic acids is 2. The second kappa shape index (κ2) is 7.61. The second-order valence-corrected chi connectivity index (χ2v) is 5.72. The Bertz CT molecular complexity index is 511. The third kappa shape index (κ3) is 4.86. The van der Waals surface area contributed by atoms with Crippen molar-refractivity contribution in [2.75, 3.05) is 19.6 Å². The lowest BCUT2D eigenvalue weighted by Gasteiger charge is -2.26. The highest BCUT2D eigenvalue weighted by Gasteiger charge is 2.16. The van der Waals surface area contributed by atoms with Crippen LogP contribution in [0, 0.1) is 0 Å². The molecular formula is C14H17Cl2N3O2. The van der Waals surface area contributed by atoms with Crippen LogP contribution in [0.3, 0.4) is 0 Å². The first-order valence-corrected chi connectivity index (χ1v) is 7.71. The number of hydrogen-bond acceptors (Lipinski definition) is 3. The second-order valence-electron chi connectivity index (χ2n) is 4.95. The molecule has 0 unspecified atom stereocenters. The number of halogens is 2. The van der Waals surface area contributed by atoms with Crippen LogP contribution in [0.1, 0.15) is 36.0 Å². The Morgan fingerprint density at radius 2 is 1.76 bits per heavy atom. The van der Waals surface area contributed by atoms with E-state index in [0.717, 1.165) is 25.9 Å². The average Bonchev–Trinajstić information content (AvgIpc) is 2.47. The van der Waals surface area contributed by atoms with E-state index in [1.54, 1.807) is 0 Å². The van der Waals surface area contributed by atoms with Crippen LogP contribution in [0.4, 0.5) is 0 Å². The third-order valence-corrected chi connectivity index (χ3v) is 3.75. The van der Waals surface area contributed by atoms with Gasteiger partial charge in [-0.05, 0) is 31.4 Å². The molecule has 1 saturated heterocycles. The van der Waals surface area contributed by atoms with E-state index in [2.05, 4.69) is 10.3 Å². The Morgan fingerprint density at radius 3 is 2.38 bits per heavy atom. The number of carbonyl (C=O) groups is 2. The van der Waals surface area contributed by atoms with Crippen LogP contribution >= 0.6 is 23.2 Å². The largest absolute Gasteiger partial charge is 0.352 e. The van der Waals surface area contributed by atoms with Gasteiger partial charge in [0.2, 0.25) is 5.91 Å². The number of pyridine rings is 1. The molecule has 2 amide bonds. The highest BCUT2D eigenvalue weighted by atomic mass is 35.5. The van der Waals surface area contributed by atoms with Crippen LogP contribution in [-0.4, -0.2) is 41.3 Å². The molecule has 0 aliphatic carbocycles. The van der Waals surface area contributed by atoms with Gasteiger partial charge in [0.25, 0.3) is 5.91 Å². The summed E-state index contributed by atoms with van der Waals surface area (Å²) in [5, 5.41) is 3.02. The summed E-state index contributed by atoms with van der Waals surface area (Å²) in [6.07, 6.45) is 3.61. The number of nitrogens with zero attached hydrogens (tertiary/aromatic N) is 2. The molecule has 1 aliphatic rings. The minimum Gasteiger partial charge on any atom is -0.352 e. The predicted molar refractivity (Wildman–Crippen MR) is 81.6 cm³/mol. The molecule has 0 spiro atoms. The van der Waals surface area contributed by atoms with Crippen molar-refractivity contribution in [1.82, 2.24) is 15.2 Å². The van der Waals surface area contributed by atoms with E-state index in [4.69, 9.17) is 23.2 Å². The van der Waals surface area contributed by atoms with E-state index in [9.17, 15) is 9.59 Å². The summed E-state index contributed by atoms with van der Waals surface area (Å²) in [6, 6.07) is 2.88. The Hall–Kier alpha value is -1.33. The Balaban J connectivity index is 1.79. The molecule has 1 aliphatic heterocycles. The number of rotatable bonds is 4. The van der Waals surface area contributed by atoms with Gasteiger partial charge in [-0.3, -0.25) is 9.59 Å². The predicted octanol–water partition coefficient (Wildman–Crippen LogP) is 2.52. The molecule has 1 N–H and O–H groups in total. The van der Waals surface area contributed by atoms with Gasteiger partial charge < -0.3 is 10.2 Å². The molecule has 7 heteroatoms. The maximum atomic E-state index is 11.9. The van der Waals surface area contributed by atoms with Crippen molar-refractivity contribution in [3.05, 3.63) is 28.0 Å². The summed E-state index contributed by atoms with van der Waals surface area (Å²) in [4.78, 5) is 29.5. The monoisotopic (exact) mass is 329 g/mol. The van der Waals surface area contributed by atoms with Gasteiger partial charge in [-0.2, -0.15) is 0 Å². The lowest BCUT2D eigenvalue weighted by Crippen LogP contribution is -2.37. The lowest BCUT2D eigenvalue weighted by molar-refractivity contribution is -0.131. The molecule has 0 bridgehead atoms. The zero-order valence-corrected chi connectivity index (χ0v) is 13.1. The Morgan fingerprint density at radius 1 is 1.14 bits per heavy atom. The SMILES string of the molecule is O=C(NCCC(=O)N1CCCCC1)c1cc(Cl)nc(Cl)c1. The van der Waals surface area contributed by atoms with E-state index in [-0.39, 0.29) is 22.1 Å². The molecule has 1 fully saturated rings. The van der Waals surface area contributed by atoms with Crippen LogP contribution in [0.5, 0.6) is 0 Å². The fourth-order valence-corrected chi connectivity index (χ4v) is 2.74. The molecule has 0 saturated carbocycles. The van der Waals surface area contributed by atoms with Gasteiger partial charge in [0.05, 0.1) is 0 Å². The highest BCUT2D eigenvalue weighted by Crippen LogP contribution is 2.14. The number of hydrogen-bond donors (Lipinski definition) is 1. The molecule has 2 heterocycles. The van der Waals surface area contributed by atoms with Gasteiger partial charge in [-0.1, -0.05) is 23.2 Å². The molecule has 21 heavy (non-hydrogen) atoms. The van der Waals surface area contributed by atoms with E-state index in [1.807, 2.05) is 4.90 Å². The summed E-state index contributed by atoms with van der Waals surface area (Å²) in [6.45, 7) is 1.94. The van der Waals surface area contributed by atoms with Crippen LogP contribution in [0.25, 0.3) is 0 Å². The summed E-state index contributed by atoms with van der Waals surface area (Å²) < 4.78 is 0. The number of aromatic nitrogens is 1. The zero-order valence-electron chi connectivity index (χ0n) is 11.6. The lowest BCUT2D eigenvalue weighted by atomic mass is 10.1.